The van der Waals surface area contributed by atoms with Gasteiger partial charge < -0.3 is 5.32 Å². The molecule has 0 amide bonds. The maximum atomic E-state index is 12.9. The number of piperidine rings is 1. The van der Waals surface area contributed by atoms with Crippen LogP contribution in [0.4, 0.5) is 0 Å². The van der Waals surface area contributed by atoms with Gasteiger partial charge in [-0.25, -0.2) is 8.42 Å². The summed E-state index contributed by atoms with van der Waals surface area (Å²) in [5, 5.41) is 3.21. The van der Waals surface area contributed by atoms with Gasteiger partial charge in [-0.05, 0) is 37.9 Å². The monoisotopic (exact) mass is 296 g/mol. The van der Waals surface area contributed by atoms with Crippen LogP contribution in [-0.4, -0.2) is 31.9 Å². The molecule has 1 fully saturated rings. The van der Waals surface area contributed by atoms with Gasteiger partial charge in [0.1, 0.15) is 0 Å². The first-order valence-corrected chi connectivity index (χ1v) is 8.82. The van der Waals surface area contributed by atoms with Gasteiger partial charge in [-0.1, -0.05) is 31.5 Å². The molecule has 5 heteroatoms. The molecule has 1 aliphatic heterocycles. The molecule has 0 saturated carbocycles. The van der Waals surface area contributed by atoms with E-state index in [1.165, 1.54) is 0 Å². The highest BCUT2D eigenvalue weighted by Gasteiger charge is 2.32. The molecule has 0 spiro atoms. The highest BCUT2D eigenvalue weighted by molar-refractivity contribution is 7.89. The van der Waals surface area contributed by atoms with Gasteiger partial charge in [0, 0.05) is 19.1 Å². The van der Waals surface area contributed by atoms with E-state index in [9.17, 15) is 8.42 Å². The predicted octanol–water partition coefficient (Wildman–Crippen LogP) is 2.36. The number of nitrogens with zero attached hydrogens (tertiary/aromatic N) is 1. The smallest absolute Gasteiger partial charge is 0.243 e. The van der Waals surface area contributed by atoms with Crippen LogP contribution in [0.25, 0.3) is 0 Å². The van der Waals surface area contributed by atoms with Crippen molar-refractivity contribution in [1.82, 2.24) is 9.62 Å². The van der Waals surface area contributed by atoms with Gasteiger partial charge in [-0.15, -0.1) is 0 Å². The molecular weight excluding hydrogens is 272 g/mol. The van der Waals surface area contributed by atoms with Crippen molar-refractivity contribution in [2.24, 2.45) is 0 Å². The van der Waals surface area contributed by atoms with Gasteiger partial charge in [-0.3, -0.25) is 0 Å². The van der Waals surface area contributed by atoms with Crippen LogP contribution in [0.3, 0.4) is 0 Å². The minimum absolute atomic E-state index is 0.0981. The molecule has 0 aliphatic carbocycles. The SMILES string of the molecule is CCNCc1ccccc1S(=O)(=O)N1CCCCC1C. The van der Waals surface area contributed by atoms with E-state index in [2.05, 4.69) is 5.32 Å². The Bertz CT molecular complexity index is 543. The second kappa shape index (κ2) is 6.70. The highest BCUT2D eigenvalue weighted by atomic mass is 32.2. The summed E-state index contributed by atoms with van der Waals surface area (Å²) in [5.41, 5.74) is 0.854. The number of hydrogen-bond acceptors (Lipinski definition) is 3. The van der Waals surface area contributed by atoms with Crippen LogP contribution < -0.4 is 5.32 Å². The van der Waals surface area contributed by atoms with Crippen molar-refractivity contribution in [3.05, 3.63) is 29.8 Å². The lowest BCUT2D eigenvalue weighted by Crippen LogP contribution is -2.42. The molecule has 1 aromatic rings. The molecule has 1 atom stereocenters. The first kappa shape index (κ1) is 15.5. The van der Waals surface area contributed by atoms with Crippen LogP contribution in [0, 0.1) is 0 Å². The summed E-state index contributed by atoms with van der Waals surface area (Å²) in [4.78, 5) is 0.453. The second-order valence-corrected chi connectivity index (χ2v) is 7.21. The molecule has 1 aromatic carbocycles. The highest BCUT2D eigenvalue weighted by Crippen LogP contribution is 2.27. The summed E-state index contributed by atoms with van der Waals surface area (Å²) in [5.74, 6) is 0. The van der Waals surface area contributed by atoms with Crippen molar-refractivity contribution < 1.29 is 8.42 Å². The largest absolute Gasteiger partial charge is 0.313 e. The lowest BCUT2D eigenvalue weighted by atomic mass is 10.1. The standard InChI is InChI=1S/C15H24N2O2S/c1-3-16-12-14-9-4-5-10-15(14)20(18,19)17-11-7-6-8-13(17)2/h4-5,9-10,13,16H,3,6-8,11-12H2,1-2H3. The summed E-state index contributed by atoms with van der Waals surface area (Å²) in [6, 6.07) is 7.41. The lowest BCUT2D eigenvalue weighted by molar-refractivity contribution is 0.268. The van der Waals surface area contributed by atoms with E-state index < -0.39 is 10.0 Å². The van der Waals surface area contributed by atoms with E-state index in [-0.39, 0.29) is 6.04 Å². The molecule has 1 unspecified atom stereocenters. The van der Waals surface area contributed by atoms with Crippen LogP contribution in [-0.2, 0) is 16.6 Å². The molecular formula is C15H24N2O2S. The number of benzene rings is 1. The van der Waals surface area contributed by atoms with Crippen molar-refractivity contribution in [2.75, 3.05) is 13.1 Å². The summed E-state index contributed by atoms with van der Waals surface area (Å²) >= 11 is 0. The minimum atomic E-state index is -3.38. The minimum Gasteiger partial charge on any atom is -0.313 e. The van der Waals surface area contributed by atoms with Gasteiger partial charge in [-0.2, -0.15) is 4.31 Å². The van der Waals surface area contributed by atoms with Crippen molar-refractivity contribution in [2.45, 2.75) is 50.6 Å². The van der Waals surface area contributed by atoms with Crippen molar-refractivity contribution in [3.63, 3.8) is 0 Å². The Hall–Kier alpha value is -0.910. The maximum Gasteiger partial charge on any atom is 0.243 e. The van der Waals surface area contributed by atoms with Crippen molar-refractivity contribution >= 4 is 10.0 Å². The first-order valence-electron chi connectivity index (χ1n) is 7.38. The number of hydrogen-bond donors (Lipinski definition) is 1. The Morgan fingerprint density at radius 3 is 2.75 bits per heavy atom. The van der Waals surface area contributed by atoms with E-state index in [0.29, 0.717) is 18.0 Å². The normalized spacial score (nSPS) is 21.0. The van der Waals surface area contributed by atoms with Gasteiger partial charge in [0.15, 0.2) is 0 Å². The number of nitrogens with one attached hydrogen (secondary N) is 1. The molecule has 0 radical (unpaired) electrons. The molecule has 4 nitrogen and oxygen atoms in total. The first-order chi connectivity index (χ1) is 9.57. The fraction of sp³-hybridized carbons (Fsp3) is 0.600. The molecule has 1 heterocycles. The average Bonchev–Trinajstić information content (AvgIpc) is 2.45. The van der Waals surface area contributed by atoms with Gasteiger partial charge in [0.2, 0.25) is 10.0 Å². The topological polar surface area (TPSA) is 49.4 Å². The Kier molecular flexibility index (Phi) is 5.18. The van der Waals surface area contributed by atoms with Crippen LogP contribution in [0.15, 0.2) is 29.2 Å². The molecule has 1 N–H and O–H groups in total. The Morgan fingerprint density at radius 2 is 2.05 bits per heavy atom. The van der Waals surface area contributed by atoms with Crippen LogP contribution >= 0.6 is 0 Å². The van der Waals surface area contributed by atoms with E-state index >= 15 is 0 Å². The summed E-state index contributed by atoms with van der Waals surface area (Å²) in [7, 11) is -3.38. The summed E-state index contributed by atoms with van der Waals surface area (Å²) < 4.78 is 27.4. The van der Waals surface area contributed by atoms with Crippen molar-refractivity contribution in [1.29, 1.82) is 0 Å². The number of rotatable bonds is 5. The number of sulfonamides is 1. The lowest BCUT2D eigenvalue weighted by Gasteiger charge is -2.32. The fourth-order valence-corrected chi connectivity index (χ4v) is 4.64. The van der Waals surface area contributed by atoms with Gasteiger partial charge in [0.25, 0.3) is 0 Å². The third-order valence-electron chi connectivity index (χ3n) is 3.87. The molecule has 0 aromatic heterocycles. The molecule has 2 rings (SSSR count). The fourth-order valence-electron chi connectivity index (χ4n) is 2.72. The Morgan fingerprint density at radius 1 is 1.30 bits per heavy atom. The zero-order valence-corrected chi connectivity index (χ0v) is 13.1. The molecule has 1 aliphatic rings. The third-order valence-corrected chi connectivity index (χ3v) is 5.98. The summed E-state index contributed by atoms with van der Waals surface area (Å²) in [6.07, 6.45) is 3.03. The van der Waals surface area contributed by atoms with Crippen LogP contribution in [0.1, 0.15) is 38.7 Å². The zero-order chi connectivity index (χ0) is 14.6. The Labute approximate surface area is 122 Å². The molecule has 20 heavy (non-hydrogen) atoms. The van der Waals surface area contributed by atoms with E-state index in [1.54, 1.807) is 16.4 Å². The third kappa shape index (κ3) is 3.22. The molecule has 1 saturated heterocycles. The van der Waals surface area contributed by atoms with E-state index in [1.807, 2.05) is 26.0 Å². The second-order valence-electron chi connectivity index (χ2n) is 5.35. The predicted molar refractivity (Wildman–Crippen MR) is 81.0 cm³/mol. The summed E-state index contributed by atoms with van der Waals surface area (Å²) in [6.45, 7) is 6.08. The Balaban J connectivity index is 2.33. The zero-order valence-electron chi connectivity index (χ0n) is 12.3. The van der Waals surface area contributed by atoms with Gasteiger partial charge in [0.05, 0.1) is 4.90 Å². The van der Waals surface area contributed by atoms with E-state index in [0.717, 1.165) is 31.4 Å². The van der Waals surface area contributed by atoms with E-state index in [4.69, 9.17) is 0 Å². The molecule has 112 valence electrons. The average molecular weight is 296 g/mol. The van der Waals surface area contributed by atoms with Gasteiger partial charge >= 0.3 is 0 Å². The van der Waals surface area contributed by atoms with Crippen LogP contribution in [0.2, 0.25) is 0 Å². The maximum absolute atomic E-state index is 12.9. The quantitative estimate of drug-likeness (QED) is 0.907. The van der Waals surface area contributed by atoms with Crippen molar-refractivity contribution in [3.8, 4) is 0 Å². The molecule has 0 bridgehead atoms. The van der Waals surface area contributed by atoms with Crippen LogP contribution in [0.5, 0.6) is 0 Å².